The Morgan fingerprint density at radius 2 is 1.95 bits per heavy atom. The average Bonchev–Trinajstić information content (AvgIpc) is 2.74. The second kappa shape index (κ2) is 5.75. The zero-order valence-electron chi connectivity index (χ0n) is 12.4. The number of nitrogens with one attached hydrogen (secondary N) is 2. The van der Waals surface area contributed by atoms with Crippen LogP contribution in [-0.2, 0) is 14.4 Å². The number of piperidine rings is 1. The summed E-state index contributed by atoms with van der Waals surface area (Å²) in [7, 11) is 1.46. The van der Waals surface area contributed by atoms with Gasteiger partial charge in [-0.3, -0.25) is 19.3 Å². The highest BCUT2D eigenvalue weighted by atomic mass is 16.2. The lowest BCUT2D eigenvalue weighted by molar-refractivity contribution is -0.138. The molecule has 2 heterocycles. The van der Waals surface area contributed by atoms with E-state index in [9.17, 15) is 14.4 Å². The summed E-state index contributed by atoms with van der Waals surface area (Å²) in [6.07, 6.45) is 6.89. The number of carbonyl (C=O) groups excluding carboxylic acids is 3. The summed E-state index contributed by atoms with van der Waals surface area (Å²) < 4.78 is 0. The fourth-order valence-corrected chi connectivity index (χ4v) is 3.84. The van der Waals surface area contributed by atoms with Crippen LogP contribution >= 0.6 is 0 Å². The third-order valence-corrected chi connectivity index (χ3v) is 5.16. The third-order valence-electron chi connectivity index (χ3n) is 5.16. The summed E-state index contributed by atoms with van der Waals surface area (Å²) in [5, 5.41) is 6.19. The summed E-state index contributed by atoms with van der Waals surface area (Å²) >= 11 is 0. The van der Waals surface area contributed by atoms with E-state index >= 15 is 0 Å². The monoisotopic (exact) mass is 293 g/mol. The molecule has 3 amide bonds. The van der Waals surface area contributed by atoms with Crippen LogP contribution in [0.4, 0.5) is 0 Å². The molecule has 6 nitrogen and oxygen atoms in total. The molecule has 2 aliphatic heterocycles. The van der Waals surface area contributed by atoms with Gasteiger partial charge in [-0.05, 0) is 31.6 Å². The Bertz CT molecular complexity index is 465. The molecule has 0 aromatic rings. The van der Waals surface area contributed by atoms with Crippen LogP contribution in [0.15, 0.2) is 0 Å². The molecule has 2 saturated heterocycles. The predicted molar refractivity (Wildman–Crippen MR) is 76.2 cm³/mol. The van der Waals surface area contributed by atoms with E-state index in [2.05, 4.69) is 10.6 Å². The maximum absolute atomic E-state index is 12.3. The van der Waals surface area contributed by atoms with E-state index in [4.69, 9.17) is 0 Å². The van der Waals surface area contributed by atoms with Crippen LogP contribution in [0, 0.1) is 5.92 Å². The minimum absolute atomic E-state index is 0.0832. The van der Waals surface area contributed by atoms with Gasteiger partial charge >= 0.3 is 0 Å². The van der Waals surface area contributed by atoms with Gasteiger partial charge in [-0.15, -0.1) is 0 Å². The van der Waals surface area contributed by atoms with Crippen LogP contribution in [0.3, 0.4) is 0 Å². The molecule has 0 spiro atoms. The molecule has 3 fully saturated rings. The van der Waals surface area contributed by atoms with Crippen molar-refractivity contribution in [1.82, 2.24) is 15.5 Å². The lowest BCUT2D eigenvalue weighted by atomic mass is 9.77. The second-order valence-electron chi connectivity index (χ2n) is 6.50. The lowest BCUT2D eigenvalue weighted by Crippen LogP contribution is -2.56. The van der Waals surface area contributed by atoms with Crippen LogP contribution in [0.1, 0.15) is 44.9 Å². The normalized spacial score (nSPS) is 36.5. The topological polar surface area (TPSA) is 78.5 Å². The van der Waals surface area contributed by atoms with Gasteiger partial charge in [0.1, 0.15) is 6.04 Å². The molecule has 1 saturated carbocycles. The van der Waals surface area contributed by atoms with Crippen molar-refractivity contribution < 1.29 is 14.4 Å². The van der Waals surface area contributed by atoms with E-state index in [1.54, 1.807) is 0 Å². The van der Waals surface area contributed by atoms with Gasteiger partial charge in [0.15, 0.2) is 0 Å². The number of amides is 3. The maximum atomic E-state index is 12.3. The molecule has 3 rings (SSSR count). The smallest absolute Gasteiger partial charge is 0.252 e. The highest BCUT2D eigenvalue weighted by Crippen LogP contribution is 2.32. The van der Waals surface area contributed by atoms with Crippen LogP contribution in [0.25, 0.3) is 0 Å². The Kier molecular flexibility index (Phi) is 3.97. The van der Waals surface area contributed by atoms with Crippen molar-refractivity contribution in [2.75, 3.05) is 7.05 Å². The van der Waals surface area contributed by atoms with Crippen molar-refractivity contribution >= 4 is 17.7 Å². The van der Waals surface area contributed by atoms with Crippen molar-refractivity contribution in [2.45, 2.75) is 63.1 Å². The minimum atomic E-state index is -0.680. The van der Waals surface area contributed by atoms with Crippen LogP contribution in [0.5, 0.6) is 0 Å². The van der Waals surface area contributed by atoms with Gasteiger partial charge in [-0.2, -0.15) is 0 Å². The van der Waals surface area contributed by atoms with E-state index in [-0.39, 0.29) is 30.2 Å². The Morgan fingerprint density at radius 3 is 2.67 bits per heavy atom. The first-order chi connectivity index (χ1) is 10.1. The summed E-state index contributed by atoms with van der Waals surface area (Å²) in [5.74, 6) is 0.0260. The second-order valence-corrected chi connectivity index (χ2v) is 6.50. The van der Waals surface area contributed by atoms with Gasteiger partial charge in [0, 0.05) is 13.1 Å². The van der Waals surface area contributed by atoms with Crippen molar-refractivity contribution in [3.8, 4) is 0 Å². The predicted octanol–water partition coefficient (Wildman–Crippen LogP) is 0.171. The number of imide groups is 1. The Balaban J connectivity index is 1.56. The molecule has 116 valence electrons. The first kappa shape index (κ1) is 14.5. The van der Waals surface area contributed by atoms with E-state index in [0.717, 1.165) is 24.2 Å². The number of likely N-dealkylation sites (N-methyl/N-ethyl adjacent to an activating group) is 1. The molecule has 0 radical (unpaired) electrons. The summed E-state index contributed by atoms with van der Waals surface area (Å²) in [4.78, 5) is 36.7. The van der Waals surface area contributed by atoms with Gasteiger partial charge in [0.2, 0.25) is 11.8 Å². The first-order valence-electron chi connectivity index (χ1n) is 7.93. The number of hydrogen-bond acceptors (Lipinski definition) is 4. The van der Waals surface area contributed by atoms with Gasteiger partial charge < -0.3 is 10.6 Å². The molecule has 4 unspecified atom stereocenters. The van der Waals surface area contributed by atoms with Crippen molar-refractivity contribution in [3.63, 3.8) is 0 Å². The van der Waals surface area contributed by atoms with E-state index in [1.165, 1.54) is 26.3 Å². The summed E-state index contributed by atoms with van der Waals surface area (Å²) in [6.45, 7) is 0. The fourth-order valence-electron chi connectivity index (χ4n) is 3.84. The lowest BCUT2D eigenvalue weighted by Gasteiger charge is -2.40. The Labute approximate surface area is 124 Å². The van der Waals surface area contributed by atoms with E-state index < -0.39 is 6.04 Å². The highest BCUT2D eigenvalue weighted by molar-refractivity contribution is 6.06. The largest absolute Gasteiger partial charge is 0.342 e. The molecule has 0 aromatic carbocycles. The number of fused-ring (bicyclic) bond motifs is 1. The third kappa shape index (κ3) is 2.81. The average molecular weight is 293 g/mol. The fraction of sp³-hybridized carbons (Fsp3) is 0.800. The standard InChI is InChI=1S/C15H23N3O3/c1-18-13(19)8-12(15(18)21)17-14(20)11-7-6-9-4-2-3-5-10(9)16-11/h9-12,16H,2-8H2,1H3,(H,17,20). The zero-order chi connectivity index (χ0) is 15.0. The quantitative estimate of drug-likeness (QED) is 0.712. The van der Waals surface area contributed by atoms with E-state index in [1.807, 2.05) is 0 Å². The number of nitrogens with zero attached hydrogens (tertiary/aromatic N) is 1. The van der Waals surface area contributed by atoms with Crippen LogP contribution < -0.4 is 10.6 Å². The van der Waals surface area contributed by atoms with Crippen LogP contribution in [-0.4, -0.2) is 47.8 Å². The molecule has 3 aliphatic rings. The zero-order valence-corrected chi connectivity index (χ0v) is 12.4. The molecule has 0 aromatic heterocycles. The molecular formula is C15H23N3O3. The number of rotatable bonds is 2. The molecule has 6 heteroatoms. The van der Waals surface area contributed by atoms with Crippen molar-refractivity contribution in [1.29, 1.82) is 0 Å². The molecule has 0 bridgehead atoms. The van der Waals surface area contributed by atoms with Gasteiger partial charge in [0.25, 0.3) is 5.91 Å². The van der Waals surface area contributed by atoms with Gasteiger partial charge in [0.05, 0.1) is 12.5 Å². The highest BCUT2D eigenvalue weighted by Gasteiger charge is 2.39. The maximum Gasteiger partial charge on any atom is 0.252 e. The van der Waals surface area contributed by atoms with Crippen molar-refractivity contribution in [3.05, 3.63) is 0 Å². The minimum Gasteiger partial charge on any atom is -0.342 e. The number of carbonyl (C=O) groups is 3. The van der Waals surface area contributed by atoms with Crippen molar-refractivity contribution in [2.24, 2.45) is 5.92 Å². The summed E-state index contributed by atoms with van der Waals surface area (Å²) in [5.41, 5.74) is 0. The number of hydrogen-bond donors (Lipinski definition) is 2. The number of likely N-dealkylation sites (tertiary alicyclic amines) is 1. The van der Waals surface area contributed by atoms with Gasteiger partial charge in [-0.1, -0.05) is 12.8 Å². The van der Waals surface area contributed by atoms with Gasteiger partial charge in [-0.25, -0.2) is 0 Å². The summed E-state index contributed by atoms with van der Waals surface area (Å²) in [6, 6.07) is -0.467. The molecule has 1 aliphatic carbocycles. The molecule has 2 N–H and O–H groups in total. The first-order valence-corrected chi connectivity index (χ1v) is 7.93. The molecular weight excluding hydrogens is 270 g/mol. The molecule has 21 heavy (non-hydrogen) atoms. The molecule has 4 atom stereocenters. The van der Waals surface area contributed by atoms with E-state index in [0.29, 0.717) is 12.0 Å². The van der Waals surface area contributed by atoms with Crippen LogP contribution in [0.2, 0.25) is 0 Å². The SMILES string of the molecule is CN1C(=O)CC(NC(=O)C2CCC3CCCCC3N2)C1=O. The Morgan fingerprint density at radius 1 is 1.19 bits per heavy atom. The Hall–Kier alpha value is -1.43.